The third-order valence-corrected chi connectivity index (χ3v) is 4.16. The van der Waals surface area contributed by atoms with Gasteiger partial charge in [-0.1, -0.05) is 35.0 Å². The molecule has 0 radical (unpaired) electrons. The van der Waals surface area contributed by atoms with Crippen LogP contribution in [0, 0.1) is 10.1 Å². The summed E-state index contributed by atoms with van der Waals surface area (Å²) >= 11 is 6.00. The first-order valence-corrected chi connectivity index (χ1v) is 7.17. The first kappa shape index (κ1) is 14.2. The van der Waals surface area contributed by atoms with Gasteiger partial charge in [-0.15, -0.1) is 0 Å². The number of nitro groups is 1. The van der Waals surface area contributed by atoms with E-state index < -0.39 is 11.0 Å². The highest BCUT2D eigenvalue weighted by molar-refractivity contribution is 6.66. The molecular weight excluding hydrogens is 294 g/mol. The van der Waals surface area contributed by atoms with Crippen LogP contribution in [0.25, 0.3) is 0 Å². The Labute approximate surface area is 126 Å². The molecule has 6 nitrogen and oxygen atoms in total. The van der Waals surface area contributed by atoms with E-state index in [4.69, 9.17) is 16.3 Å². The topological polar surface area (TPSA) is 67.7 Å². The summed E-state index contributed by atoms with van der Waals surface area (Å²) in [6.45, 7) is 0.580. The summed E-state index contributed by atoms with van der Waals surface area (Å²) in [5.41, 5.74) is 1.14. The van der Waals surface area contributed by atoms with E-state index >= 15 is 0 Å². The summed E-state index contributed by atoms with van der Waals surface area (Å²) < 4.78 is 7.35. The predicted octanol–water partition coefficient (Wildman–Crippen LogP) is 2.03. The van der Waals surface area contributed by atoms with E-state index in [1.165, 1.54) is 6.21 Å². The molecule has 0 saturated heterocycles. The molecule has 0 bridgehead atoms. The molecule has 0 amide bonds. The maximum absolute atomic E-state index is 10.8. The van der Waals surface area contributed by atoms with E-state index in [0.29, 0.717) is 6.61 Å². The molecule has 1 saturated carbocycles. The van der Waals surface area contributed by atoms with E-state index in [1.807, 2.05) is 30.3 Å². The lowest BCUT2D eigenvalue weighted by molar-refractivity contribution is -0.589. The van der Waals surface area contributed by atoms with Crippen LogP contribution in [0.1, 0.15) is 18.4 Å². The number of rotatable bonds is 5. The van der Waals surface area contributed by atoms with Crippen molar-refractivity contribution in [3.8, 4) is 0 Å². The molecule has 1 fully saturated rings. The van der Waals surface area contributed by atoms with Crippen molar-refractivity contribution in [2.75, 3.05) is 0 Å². The number of nitrogens with zero attached hydrogens (tertiary/aromatic N) is 3. The van der Waals surface area contributed by atoms with Crippen LogP contribution < -0.4 is 0 Å². The molecule has 0 spiro atoms. The van der Waals surface area contributed by atoms with Crippen molar-refractivity contribution in [2.24, 2.45) is 5.10 Å². The molecule has 1 atom stereocenters. The van der Waals surface area contributed by atoms with Gasteiger partial charge in [-0.2, -0.15) is 0 Å². The Morgan fingerprint density at radius 1 is 1.38 bits per heavy atom. The second-order valence-corrected chi connectivity index (χ2v) is 5.59. The molecule has 7 heteroatoms. The maximum Gasteiger partial charge on any atom is 0.357 e. The second-order valence-electron chi connectivity index (χ2n) is 5.21. The first-order chi connectivity index (χ1) is 10.1. The zero-order valence-corrected chi connectivity index (χ0v) is 12.0. The lowest BCUT2D eigenvalue weighted by atomic mass is 9.89. The smallest absolute Gasteiger partial charge is 0.357 e. The molecule has 1 aliphatic heterocycles. The van der Waals surface area contributed by atoms with Crippen LogP contribution in [-0.2, 0) is 11.3 Å². The summed E-state index contributed by atoms with van der Waals surface area (Å²) in [4.78, 5) is 10.3. The molecule has 110 valence electrons. The quantitative estimate of drug-likeness (QED) is 0.475. The van der Waals surface area contributed by atoms with Gasteiger partial charge in [-0.05, 0) is 22.3 Å². The molecule has 0 aromatic heterocycles. The highest BCUT2D eigenvalue weighted by atomic mass is 35.5. The molecule has 21 heavy (non-hydrogen) atoms. The Hall–Kier alpha value is -1.79. The van der Waals surface area contributed by atoms with E-state index in [9.17, 15) is 10.1 Å². The number of benzene rings is 1. The molecule has 1 heterocycles. The summed E-state index contributed by atoms with van der Waals surface area (Å²) in [7, 11) is 0. The normalized spacial score (nSPS) is 27.8. The molecule has 1 aliphatic carbocycles. The average molecular weight is 309 g/mol. The van der Waals surface area contributed by atoms with Crippen molar-refractivity contribution in [1.29, 1.82) is 0 Å². The largest absolute Gasteiger partial charge is 0.373 e. The fourth-order valence-corrected chi connectivity index (χ4v) is 2.78. The Morgan fingerprint density at radius 3 is 2.71 bits per heavy atom. The first-order valence-electron chi connectivity index (χ1n) is 6.80. The van der Waals surface area contributed by atoms with Crippen LogP contribution in [0.4, 0.5) is 0 Å². The monoisotopic (exact) mass is 308 g/mol. The van der Waals surface area contributed by atoms with Crippen LogP contribution in [0.15, 0.2) is 35.4 Å². The van der Waals surface area contributed by atoms with Gasteiger partial charge >= 0.3 is 11.2 Å². The predicted molar refractivity (Wildman–Crippen MR) is 78.4 cm³/mol. The Balaban J connectivity index is 1.50. The second kappa shape index (κ2) is 5.91. The van der Waals surface area contributed by atoms with E-state index in [1.54, 1.807) is 4.68 Å². The Bertz CT molecular complexity index is 597. The minimum atomic E-state index is -1.00. The van der Waals surface area contributed by atoms with Crippen molar-refractivity contribution in [3.05, 3.63) is 46.0 Å². The summed E-state index contributed by atoms with van der Waals surface area (Å²) in [6.07, 6.45) is 3.00. The number of hydrogen-bond donors (Lipinski definition) is 0. The zero-order chi connectivity index (χ0) is 14.8. The van der Waals surface area contributed by atoms with Crippen molar-refractivity contribution in [1.82, 2.24) is 0 Å². The summed E-state index contributed by atoms with van der Waals surface area (Å²) in [6, 6.07) is 9.06. The van der Waals surface area contributed by atoms with Gasteiger partial charge in [0.05, 0.1) is 12.7 Å². The Kier molecular flexibility index (Phi) is 3.98. The Morgan fingerprint density at radius 2 is 2.10 bits per heavy atom. The van der Waals surface area contributed by atoms with Crippen LogP contribution in [0.2, 0.25) is 0 Å². The maximum atomic E-state index is 10.8. The molecule has 3 rings (SSSR count). The van der Waals surface area contributed by atoms with Gasteiger partial charge in [-0.3, -0.25) is 10.1 Å². The standard InChI is InChI=1S/C14H15ClN3O3/c15-14-13(18(19)20)8-16-17(14)11-6-12(7-11)21-9-10-4-2-1-3-5-10/h1-5,8,11-13H,6-7,9H2/q+1. The minimum Gasteiger partial charge on any atom is -0.373 e. The highest BCUT2D eigenvalue weighted by Crippen LogP contribution is 2.29. The van der Waals surface area contributed by atoms with Gasteiger partial charge < -0.3 is 4.74 Å². The molecule has 1 aromatic rings. The SMILES string of the molecule is O=[N+]([O-])C1C=N[N+](C2CC(OCc3ccccc3)C2)=C1Cl. The molecule has 2 aliphatic rings. The van der Waals surface area contributed by atoms with Crippen LogP contribution in [-0.4, -0.2) is 39.2 Å². The zero-order valence-electron chi connectivity index (χ0n) is 11.3. The number of hydrazone groups is 1. The van der Waals surface area contributed by atoms with Crippen LogP contribution in [0.5, 0.6) is 0 Å². The minimum absolute atomic E-state index is 0.0967. The number of hydrogen-bond acceptors (Lipinski definition) is 4. The van der Waals surface area contributed by atoms with Crippen molar-refractivity contribution < 1.29 is 14.3 Å². The van der Waals surface area contributed by atoms with Gasteiger partial charge in [0, 0.05) is 17.8 Å². The van der Waals surface area contributed by atoms with E-state index in [-0.39, 0.29) is 17.3 Å². The summed E-state index contributed by atoms with van der Waals surface area (Å²) in [5.74, 6) is 0. The number of ether oxygens (including phenoxy) is 1. The fraction of sp³-hybridized carbons (Fsp3) is 0.429. The third-order valence-electron chi connectivity index (χ3n) is 3.77. The third kappa shape index (κ3) is 2.96. The number of halogens is 1. The van der Waals surface area contributed by atoms with Crippen LogP contribution >= 0.6 is 11.6 Å². The molecule has 1 aromatic carbocycles. The highest BCUT2D eigenvalue weighted by Gasteiger charge is 2.47. The van der Waals surface area contributed by atoms with E-state index in [2.05, 4.69) is 5.10 Å². The van der Waals surface area contributed by atoms with Crippen molar-refractivity contribution in [2.45, 2.75) is 37.6 Å². The lowest BCUT2D eigenvalue weighted by Crippen LogP contribution is -2.43. The molecular formula is C14H15ClN3O3+. The van der Waals surface area contributed by atoms with Gasteiger partial charge in [0.15, 0.2) is 12.3 Å². The fourth-order valence-electron chi connectivity index (χ4n) is 2.46. The average Bonchev–Trinajstić information content (AvgIpc) is 2.80. The summed E-state index contributed by atoms with van der Waals surface area (Å²) in [5, 5.41) is 15.0. The van der Waals surface area contributed by atoms with Gasteiger partial charge in [-0.25, -0.2) is 0 Å². The van der Waals surface area contributed by atoms with E-state index in [0.717, 1.165) is 18.4 Å². The van der Waals surface area contributed by atoms with Crippen LogP contribution in [0.3, 0.4) is 0 Å². The van der Waals surface area contributed by atoms with Crippen molar-refractivity contribution >= 4 is 23.0 Å². The van der Waals surface area contributed by atoms with Gasteiger partial charge in [0.1, 0.15) is 0 Å². The molecule has 1 unspecified atom stereocenters. The lowest BCUT2D eigenvalue weighted by Gasteiger charge is -2.29. The van der Waals surface area contributed by atoms with Gasteiger partial charge in [0.2, 0.25) is 0 Å². The van der Waals surface area contributed by atoms with Crippen molar-refractivity contribution in [3.63, 3.8) is 0 Å². The van der Waals surface area contributed by atoms with Gasteiger partial charge in [0.25, 0.3) is 0 Å². The molecule has 0 N–H and O–H groups in total.